The number of amides is 1. The Labute approximate surface area is 202 Å². The number of hydrogen-bond donors (Lipinski definition) is 1. The molecule has 0 spiro atoms. The summed E-state index contributed by atoms with van der Waals surface area (Å²) in [5, 5.41) is 3.75. The van der Waals surface area contributed by atoms with E-state index in [1.165, 1.54) is 11.8 Å². The van der Waals surface area contributed by atoms with Crippen molar-refractivity contribution in [1.29, 1.82) is 0 Å². The third kappa shape index (κ3) is 5.56. The summed E-state index contributed by atoms with van der Waals surface area (Å²) in [6.07, 6.45) is 2.63. The molecule has 7 nitrogen and oxygen atoms in total. The molecular formula is C26H29N3O4S. The molecule has 0 aliphatic carbocycles. The summed E-state index contributed by atoms with van der Waals surface area (Å²) in [6.45, 7) is 5.62. The molecular weight excluding hydrogens is 450 g/mol. The van der Waals surface area contributed by atoms with Crippen LogP contribution in [-0.2, 0) is 11.3 Å². The Bertz CT molecular complexity index is 1250. The van der Waals surface area contributed by atoms with Gasteiger partial charge in [0.2, 0.25) is 0 Å². The van der Waals surface area contributed by atoms with E-state index in [1.807, 2.05) is 38.1 Å². The van der Waals surface area contributed by atoms with E-state index < -0.39 is 0 Å². The van der Waals surface area contributed by atoms with Crippen LogP contribution in [0.15, 0.2) is 52.4 Å². The number of carbonyl (C=O) groups excluding carboxylic acids is 2. The average Bonchev–Trinajstić information content (AvgIpc) is 3.36. The van der Waals surface area contributed by atoms with E-state index in [0.29, 0.717) is 46.9 Å². The van der Waals surface area contributed by atoms with Gasteiger partial charge < -0.3 is 10.1 Å². The van der Waals surface area contributed by atoms with Gasteiger partial charge in [-0.2, -0.15) is 0 Å². The molecule has 8 heteroatoms. The molecule has 178 valence electrons. The average molecular weight is 480 g/mol. The first kappa shape index (κ1) is 24.2. The number of nitrogens with zero attached hydrogens (tertiary/aromatic N) is 2. The predicted molar refractivity (Wildman–Crippen MR) is 134 cm³/mol. The zero-order valence-electron chi connectivity index (χ0n) is 19.5. The van der Waals surface area contributed by atoms with Crippen LogP contribution in [0, 0.1) is 6.92 Å². The van der Waals surface area contributed by atoms with Crippen molar-refractivity contribution in [3.05, 3.63) is 69.5 Å². The maximum absolute atomic E-state index is 13.4. The fraction of sp³-hybridized carbons (Fsp3) is 0.385. The van der Waals surface area contributed by atoms with E-state index in [9.17, 15) is 14.4 Å². The summed E-state index contributed by atoms with van der Waals surface area (Å²) < 4.78 is 7.37. The summed E-state index contributed by atoms with van der Waals surface area (Å²) in [6, 6.07) is 12.4. The van der Waals surface area contributed by atoms with E-state index in [0.717, 1.165) is 24.8 Å². The first-order valence-electron chi connectivity index (χ1n) is 11.6. The van der Waals surface area contributed by atoms with Gasteiger partial charge in [-0.3, -0.25) is 19.0 Å². The molecule has 1 aromatic heterocycles. The number of nitrogens with one attached hydrogen (secondary N) is 1. The van der Waals surface area contributed by atoms with Crippen LogP contribution >= 0.6 is 11.8 Å². The first-order chi connectivity index (χ1) is 16.5. The number of Topliss-reactive ketones (excluding diaryl/α,β-unsaturated/α-hetero) is 1. The molecule has 0 radical (unpaired) electrons. The van der Waals surface area contributed by atoms with Gasteiger partial charge in [-0.05, 0) is 44.4 Å². The fourth-order valence-electron chi connectivity index (χ4n) is 3.90. The molecule has 2 heterocycles. The number of aromatic nitrogens is 2. The van der Waals surface area contributed by atoms with Crippen LogP contribution in [0.1, 0.15) is 52.5 Å². The minimum Gasteiger partial charge on any atom is -0.376 e. The van der Waals surface area contributed by atoms with Gasteiger partial charge in [0.25, 0.3) is 11.5 Å². The molecule has 3 aromatic rings. The van der Waals surface area contributed by atoms with Gasteiger partial charge in [0.05, 0.1) is 29.3 Å². The number of carbonyl (C=O) groups is 2. The standard InChI is InChI=1S/C26H29N3O4S/c1-3-12-27-24(31)19-10-11-21-22(14-19)28-26(29(25(21)32)15-20-5-4-13-33-20)34-16-23(30)18-8-6-17(2)7-9-18/h6-11,14,20H,3-5,12-13,15-16H2,1-2H3,(H,27,31)/t20-/m0/s1. The second kappa shape index (κ2) is 11.0. The number of benzene rings is 2. The molecule has 0 saturated carbocycles. The van der Waals surface area contributed by atoms with Gasteiger partial charge in [0.1, 0.15) is 0 Å². The Balaban J connectivity index is 1.66. The lowest BCUT2D eigenvalue weighted by atomic mass is 10.1. The van der Waals surface area contributed by atoms with Crippen LogP contribution in [0.3, 0.4) is 0 Å². The summed E-state index contributed by atoms with van der Waals surface area (Å²) in [4.78, 5) is 43.3. The Morgan fingerprint density at radius 2 is 1.94 bits per heavy atom. The summed E-state index contributed by atoms with van der Waals surface area (Å²) in [7, 11) is 0. The highest BCUT2D eigenvalue weighted by Gasteiger charge is 2.21. The summed E-state index contributed by atoms with van der Waals surface area (Å²) in [5.74, 6) is -0.0722. The number of ketones is 1. The molecule has 1 saturated heterocycles. The van der Waals surface area contributed by atoms with Crippen LogP contribution in [0.5, 0.6) is 0 Å². The fourth-order valence-corrected chi connectivity index (χ4v) is 4.80. The van der Waals surface area contributed by atoms with Gasteiger partial charge in [-0.1, -0.05) is 48.5 Å². The van der Waals surface area contributed by atoms with Crippen molar-refractivity contribution in [2.24, 2.45) is 0 Å². The molecule has 1 N–H and O–H groups in total. The third-order valence-electron chi connectivity index (χ3n) is 5.83. The smallest absolute Gasteiger partial charge is 0.262 e. The molecule has 4 rings (SSSR count). The van der Waals surface area contributed by atoms with Crippen LogP contribution in [0.4, 0.5) is 0 Å². The van der Waals surface area contributed by atoms with Crippen molar-refractivity contribution in [1.82, 2.24) is 14.9 Å². The maximum atomic E-state index is 13.4. The predicted octanol–water partition coefficient (Wildman–Crippen LogP) is 4.00. The van der Waals surface area contributed by atoms with Crippen molar-refractivity contribution in [2.75, 3.05) is 18.9 Å². The van der Waals surface area contributed by atoms with E-state index in [1.54, 1.807) is 22.8 Å². The highest BCUT2D eigenvalue weighted by atomic mass is 32.2. The zero-order chi connectivity index (χ0) is 24.1. The quantitative estimate of drug-likeness (QED) is 0.283. The molecule has 1 aliphatic rings. The van der Waals surface area contributed by atoms with Gasteiger partial charge in [-0.25, -0.2) is 4.98 Å². The highest BCUT2D eigenvalue weighted by Crippen LogP contribution is 2.23. The van der Waals surface area contributed by atoms with Gasteiger partial charge in [-0.15, -0.1) is 0 Å². The summed E-state index contributed by atoms with van der Waals surface area (Å²) in [5.41, 5.74) is 2.43. The number of thioether (sulfide) groups is 1. The van der Waals surface area contributed by atoms with Crippen LogP contribution < -0.4 is 10.9 Å². The molecule has 1 atom stereocenters. The van der Waals surface area contributed by atoms with E-state index in [2.05, 4.69) is 5.32 Å². The molecule has 34 heavy (non-hydrogen) atoms. The monoisotopic (exact) mass is 479 g/mol. The largest absolute Gasteiger partial charge is 0.376 e. The second-order valence-corrected chi connectivity index (χ2v) is 9.45. The first-order valence-corrected chi connectivity index (χ1v) is 12.6. The van der Waals surface area contributed by atoms with E-state index in [-0.39, 0.29) is 29.1 Å². The number of rotatable bonds is 9. The number of fused-ring (bicyclic) bond motifs is 1. The molecule has 2 aromatic carbocycles. The Hall–Kier alpha value is -2.97. The van der Waals surface area contributed by atoms with Gasteiger partial charge in [0, 0.05) is 24.3 Å². The van der Waals surface area contributed by atoms with Gasteiger partial charge >= 0.3 is 0 Å². The zero-order valence-corrected chi connectivity index (χ0v) is 20.3. The van der Waals surface area contributed by atoms with Crippen LogP contribution in [-0.4, -0.2) is 46.2 Å². The molecule has 1 fully saturated rings. The Morgan fingerprint density at radius 1 is 1.18 bits per heavy atom. The minimum absolute atomic E-state index is 0.0318. The normalized spacial score (nSPS) is 15.5. The molecule has 1 amide bonds. The van der Waals surface area contributed by atoms with Crippen molar-refractivity contribution < 1.29 is 14.3 Å². The molecule has 1 aliphatic heterocycles. The molecule has 0 unspecified atom stereocenters. The van der Waals surface area contributed by atoms with Crippen molar-refractivity contribution >= 4 is 34.4 Å². The Kier molecular flexibility index (Phi) is 7.80. The van der Waals surface area contributed by atoms with E-state index >= 15 is 0 Å². The topological polar surface area (TPSA) is 90.3 Å². The Morgan fingerprint density at radius 3 is 2.65 bits per heavy atom. The maximum Gasteiger partial charge on any atom is 0.262 e. The van der Waals surface area contributed by atoms with Crippen LogP contribution in [0.25, 0.3) is 10.9 Å². The van der Waals surface area contributed by atoms with Gasteiger partial charge in [0.15, 0.2) is 10.9 Å². The van der Waals surface area contributed by atoms with Crippen molar-refractivity contribution in [3.63, 3.8) is 0 Å². The van der Waals surface area contributed by atoms with Crippen LogP contribution in [0.2, 0.25) is 0 Å². The number of hydrogen-bond acceptors (Lipinski definition) is 6. The number of aryl methyl sites for hydroxylation is 1. The highest BCUT2D eigenvalue weighted by molar-refractivity contribution is 7.99. The number of ether oxygens (including phenoxy) is 1. The van der Waals surface area contributed by atoms with Crippen molar-refractivity contribution in [3.8, 4) is 0 Å². The van der Waals surface area contributed by atoms with Crippen molar-refractivity contribution in [2.45, 2.75) is 50.9 Å². The second-order valence-electron chi connectivity index (χ2n) is 8.51. The van der Waals surface area contributed by atoms with E-state index in [4.69, 9.17) is 9.72 Å². The lowest BCUT2D eigenvalue weighted by Crippen LogP contribution is -2.29. The lowest BCUT2D eigenvalue weighted by Gasteiger charge is -2.16. The summed E-state index contributed by atoms with van der Waals surface area (Å²) >= 11 is 1.24. The SMILES string of the molecule is CCCNC(=O)c1ccc2c(=O)n(C[C@@H]3CCCO3)c(SCC(=O)c3ccc(C)cc3)nc2c1. The molecule has 0 bridgehead atoms. The third-order valence-corrected chi connectivity index (χ3v) is 6.81. The lowest BCUT2D eigenvalue weighted by molar-refractivity contribution is 0.0937. The minimum atomic E-state index is -0.196.